The first kappa shape index (κ1) is 13.7. The van der Waals surface area contributed by atoms with Crippen molar-refractivity contribution >= 4 is 5.78 Å². The number of hydrogen-bond donors (Lipinski definition) is 0. The minimum absolute atomic E-state index is 0.0574. The van der Waals surface area contributed by atoms with Crippen LogP contribution in [-0.4, -0.2) is 23.5 Å². The molecular weight excluding hydrogens is 250 g/mol. The highest BCUT2D eigenvalue weighted by Gasteiger charge is 2.44. The van der Waals surface area contributed by atoms with Gasteiger partial charge in [0.15, 0.2) is 5.78 Å². The van der Waals surface area contributed by atoms with Gasteiger partial charge < -0.3 is 4.74 Å². The summed E-state index contributed by atoms with van der Waals surface area (Å²) in [6, 6.07) is 4.08. The molecule has 1 unspecified atom stereocenters. The molecule has 0 amide bonds. The molecule has 1 atom stereocenters. The lowest BCUT2D eigenvalue weighted by atomic mass is 9.73. The van der Waals surface area contributed by atoms with Gasteiger partial charge in [-0.3, -0.25) is 9.78 Å². The van der Waals surface area contributed by atoms with Crippen LogP contribution in [0.5, 0.6) is 0 Å². The minimum atomic E-state index is -0.547. The van der Waals surface area contributed by atoms with Gasteiger partial charge in [-0.2, -0.15) is 0 Å². The fourth-order valence-electron chi connectivity index (χ4n) is 3.86. The number of methoxy groups -OCH3 is 1. The van der Waals surface area contributed by atoms with Crippen LogP contribution in [-0.2, 0) is 16.0 Å². The number of carbonyl (C=O) groups excluding carboxylic acids is 1. The summed E-state index contributed by atoms with van der Waals surface area (Å²) < 4.78 is 5.73. The van der Waals surface area contributed by atoms with Gasteiger partial charge in [0.05, 0.1) is 11.6 Å². The fraction of sp³-hybridized carbons (Fsp3) is 0.647. The van der Waals surface area contributed by atoms with E-state index in [2.05, 4.69) is 11.1 Å². The molecule has 2 aliphatic carbocycles. The van der Waals surface area contributed by atoms with Crippen LogP contribution in [0.2, 0.25) is 0 Å². The van der Waals surface area contributed by atoms with Gasteiger partial charge in [0.1, 0.15) is 5.60 Å². The third kappa shape index (κ3) is 2.28. The molecule has 1 aromatic rings. The van der Waals surface area contributed by atoms with Crippen molar-refractivity contribution in [3.63, 3.8) is 0 Å². The maximum atomic E-state index is 13.1. The normalized spacial score (nSPS) is 24.9. The molecule has 0 N–H and O–H groups in total. The first-order valence-corrected chi connectivity index (χ1v) is 7.80. The largest absolute Gasteiger partial charge is 0.370 e. The molecule has 0 aliphatic heterocycles. The highest BCUT2D eigenvalue weighted by atomic mass is 16.5. The molecule has 0 bridgehead atoms. The number of pyridine rings is 1. The van der Waals surface area contributed by atoms with Gasteiger partial charge in [0, 0.05) is 13.3 Å². The Kier molecular flexibility index (Phi) is 3.88. The van der Waals surface area contributed by atoms with Crippen LogP contribution < -0.4 is 0 Å². The second kappa shape index (κ2) is 5.65. The number of rotatable bonds is 3. The van der Waals surface area contributed by atoms with Gasteiger partial charge in [0.25, 0.3) is 0 Å². The van der Waals surface area contributed by atoms with Gasteiger partial charge in [0.2, 0.25) is 0 Å². The van der Waals surface area contributed by atoms with E-state index >= 15 is 0 Å². The Balaban J connectivity index is 1.91. The summed E-state index contributed by atoms with van der Waals surface area (Å²) in [5.41, 5.74) is 1.71. The molecule has 108 valence electrons. The molecule has 1 saturated carbocycles. The van der Waals surface area contributed by atoms with E-state index < -0.39 is 5.60 Å². The number of hydrogen-bond acceptors (Lipinski definition) is 3. The van der Waals surface area contributed by atoms with Crippen molar-refractivity contribution < 1.29 is 9.53 Å². The molecule has 0 aromatic carbocycles. The molecule has 20 heavy (non-hydrogen) atoms. The predicted molar refractivity (Wildman–Crippen MR) is 77.7 cm³/mol. The standard InChI is InChI=1S/C17H23NO2/c1-20-17(10-3-2-4-11-17)16(19)14-9-5-7-13-8-6-12-18-15(13)14/h6,8,12,14H,2-5,7,9-11H2,1H3. The first-order chi connectivity index (χ1) is 9.77. The number of nitrogens with zero attached hydrogens (tertiary/aromatic N) is 1. The maximum absolute atomic E-state index is 13.1. The van der Waals surface area contributed by atoms with Gasteiger partial charge in [-0.1, -0.05) is 25.3 Å². The quantitative estimate of drug-likeness (QED) is 0.847. The van der Waals surface area contributed by atoms with Gasteiger partial charge >= 0.3 is 0 Å². The van der Waals surface area contributed by atoms with Crippen molar-refractivity contribution in [3.8, 4) is 0 Å². The van der Waals surface area contributed by atoms with Gasteiger partial charge in [-0.25, -0.2) is 0 Å². The van der Waals surface area contributed by atoms with Crippen molar-refractivity contribution in [2.75, 3.05) is 7.11 Å². The van der Waals surface area contributed by atoms with E-state index in [4.69, 9.17) is 4.74 Å². The number of ketones is 1. The topological polar surface area (TPSA) is 39.2 Å². The van der Waals surface area contributed by atoms with Crippen LogP contribution in [0.15, 0.2) is 18.3 Å². The second-order valence-electron chi connectivity index (χ2n) is 6.12. The van der Waals surface area contributed by atoms with Crippen LogP contribution in [0.25, 0.3) is 0 Å². The zero-order valence-corrected chi connectivity index (χ0v) is 12.2. The van der Waals surface area contributed by atoms with Crippen LogP contribution in [0.4, 0.5) is 0 Å². The van der Waals surface area contributed by atoms with Crippen LogP contribution in [0.1, 0.15) is 62.1 Å². The lowest BCUT2D eigenvalue weighted by molar-refractivity contribution is -0.147. The molecule has 1 aromatic heterocycles. The van der Waals surface area contributed by atoms with Crippen molar-refractivity contribution in [2.45, 2.75) is 62.9 Å². The second-order valence-corrected chi connectivity index (χ2v) is 6.12. The Hall–Kier alpha value is -1.22. The maximum Gasteiger partial charge on any atom is 0.173 e. The number of ether oxygens (including phenoxy) is 1. The lowest BCUT2D eigenvalue weighted by Gasteiger charge is -2.38. The molecule has 1 heterocycles. The van der Waals surface area contributed by atoms with Crippen molar-refractivity contribution in [1.82, 2.24) is 4.98 Å². The molecule has 0 saturated heterocycles. The van der Waals surface area contributed by atoms with Crippen molar-refractivity contribution in [1.29, 1.82) is 0 Å². The number of aryl methyl sites for hydroxylation is 1. The summed E-state index contributed by atoms with van der Waals surface area (Å²) in [5.74, 6) is 0.220. The molecule has 0 radical (unpaired) electrons. The number of fused-ring (bicyclic) bond motifs is 1. The SMILES string of the molecule is COC1(C(=O)C2CCCc3cccnc32)CCCCC1. The summed E-state index contributed by atoms with van der Waals surface area (Å²) in [4.78, 5) is 17.6. The Morgan fingerprint density at radius 3 is 2.85 bits per heavy atom. The molecule has 2 aliphatic rings. The van der Waals surface area contributed by atoms with Gasteiger partial charge in [-0.15, -0.1) is 0 Å². The van der Waals surface area contributed by atoms with Crippen LogP contribution >= 0.6 is 0 Å². The van der Waals surface area contributed by atoms with E-state index in [1.807, 2.05) is 12.3 Å². The van der Waals surface area contributed by atoms with E-state index in [0.29, 0.717) is 0 Å². The summed E-state index contributed by atoms with van der Waals surface area (Å²) >= 11 is 0. The third-order valence-corrected chi connectivity index (χ3v) is 5.01. The summed E-state index contributed by atoms with van der Waals surface area (Å²) in [6.45, 7) is 0. The Morgan fingerprint density at radius 2 is 2.10 bits per heavy atom. The highest BCUT2D eigenvalue weighted by Crippen LogP contribution is 2.40. The average molecular weight is 273 g/mol. The zero-order valence-electron chi connectivity index (χ0n) is 12.2. The minimum Gasteiger partial charge on any atom is -0.370 e. The zero-order chi connectivity index (χ0) is 14.0. The summed E-state index contributed by atoms with van der Waals surface area (Å²) in [7, 11) is 1.70. The monoisotopic (exact) mass is 273 g/mol. The number of aromatic nitrogens is 1. The van der Waals surface area contributed by atoms with Crippen LogP contribution in [0, 0.1) is 0 Å². The Bertz CT molecular complexity index is 492. The molecular formula is C17H23NO2. The van der Waals surface area contributed by atoms with Crippen molar-refractivity contribution in [2.24, 2.45) is 0 Å². The third-order valence-electron chi connectivity index (χ3n) is 5.01. The van der Waals surface area contributed by atoms with E-state index in [9.17, 15) is 4.79 Å². The van der Waals surface area contributed by atoms with E-state index in [0.717, 1.165) is 50.6 Å². The van der Waals surface area contributed by atoms with E-state index in [-0.39, 0.29) is 11.7 Å². The smallest absolute Gasteiger partial charge is 0.173 e. The summed E-state index contributed by atoms with van der Waals surface area (Å²) in [5, 5.41) is 0. The van der Waals surface area contributed by atoms with Crippen LogP contribution in [0.3, 0.4) is 0 Å². The van der Waals surface area contributed by atoms with E-state index in [1.54, 1.807) is 7.11 Å². The van der Waals surface area contributed by atoms with Crippen molar-refractivity contribution in [3.05, 3.63) is 29.6 Å². The molecule has 1 fully saturated rings. The van der Waals surface area contributed by atoms with E-state index in [1.165, 1.54) is 12.0 Å². The fourth-order valence-corrected chi connectivity index (χ4v) is 3.86. The Morgan fingerprint density at radius 1 is 1.30 bits per heavy atom. The first-order valence-electron chi connectivity index (χ1n) is 7.80. The summed E-state index contributed by atoms with van der Waals surface area (Å²) in [6.07, 6.45) is 10.0. The lowest BCUT2D eigenvalue weighted by Crippen LogP contribution is -2.46. The molecule has 3 nitrogen and oxygen atoms in total. The number of carbonyl (C=O) groups is 1. The van der Waals surface area contributed by atoms with Gasteiger partial charge in [-0.05, 0) is 43.7 Å². The predicted octanol–water partition coefficient (Wildman–Crippen LogP) is 3.42. The molecule has 0 spiro atoms. The molecule has 3 heteroatoms. The number of Topliss-reactive ketones (excluding diaryl/α,β-unsaturated/α-hetero) is 1. The molecule has 3 rings (SSSR count). The Labute approximate surface area is 120 Å². The highest BCUT2D eigenvalue weighted by molar-refractivity contribution is 5.93. The average Bonchev–Trinajstić information content (AvgIpc) is 2.54.